The van der Waals surface area contributed by atoms with Crippen molar-refractivity contribution in [3.8, 4) is 11.5 Å². The molecule has 1 aliphatic rings. The number of benzene rings is 1. The molecule has 0 fully saturated rings. The number of hydrogen-bond acceptors (Lipinski definition) is 3. The van der Waals surface area contributed by atoms with Crippen LogP contribution in [-0.2, 0) is 4.79 Å². The first-order valence-corrected chi connectivity index (χ1v) is 4.69. The first-order chi connectivity index (χ1) is 7.22. The molecule has 80 valence electrons. The SMILES string of the molecule is O=C(CCl)Nc1c(F)ccc2c1OCO2. The van der Waals surface area contributed by atoms with E-state index in [4.69, 9.17) is 21.1 Å². The molecule has 0 atom stereocenters. The van der Waals surface area contributed by atoms with Crippen molar-refractivity contribution >= 4 is 23.2 Å². The summed E-state index contributed by atoms with van der Waals surface area (Å²) in [5.41, 5.74) is -0.0318. The van der Waals surface area contributed by atoms with Crippen LogP contribution in [0.4, 0.5) is 10.1 Å². The van der Waals surface area contributed by atoms with Crippen LogP contribution in [-0.4, -0.2) is 18.6 Å². The maximum atomic E-state index is 13.3. The maximum Gasteiger partial charge on any atom is 0.239 e. The topological polar surface area (TPSA) is 47.6 Å². The van der Waals surface area contributed by atoms with E-state index in [1.165, 1.54) is 12.1 Å². The van der Waals surface area contributed by atoms with Gasteiger partial charge in [-0.25, -0.2) is 4.39 Å². The van der Waals surface area contributed by atoms with E-state index in [2.05, 4.69) is 5.32 Å². The van der Waals surface area contributed by atoms with Crippen LogP contribution >= 0.6 is 11.6 Å². The Morgan fingerprint density at radius 2 is 2.33 bits per heavy atom. The molecule has 0 aliphatic carbocycles. The number of ether oxygens (including phenoxy) is 2. The lowest BCUT2D eigenvalue weighted by atomic mass is 10.2. The summed E-state index contributed by atoms with van der Waals surface area (Å²) < 4.78 is 23.4. The number of alkyl halides is 1. The minimum absolute atomic E-state index is 0.0164. The molecular weight excluding hydrogens is 225 g/mol. The highest BCUT2D eigenvalue weighted by Crippen LogP contribution is 2.40. The Morgan fingerprint density at radius 1 is 1.53 bits per heavy atom. The Morgan fingerprint density at radius 3 is 3.07 bits per heavy atom. The van der Waals surface area contributed by atoms with Crippen LogP contribution in [0.1, 0.15) is 0 Å². The lowest BCUT2D eigenvalue weighted by Gasteiger charge is -2.07. The van der Waals surface area contributed by atoms with Gasteiger partial charge in [-0.3, -0.25) is 4.79 Å². The summed E-state index contributed by atoms with van der Waals surface area (Å²) in [7, 11) is 0. The normalized spacial score (nSPS) is 12.7. The number of halogens is 2. The largest absolute Gasteiger partial charge is 0.454 e. The van der Waals surface area contributed by atoms with E-state index < -0.39 is 11.7 Å². The molecule has 2 rings (SSSR count). The Kier molecular flexibility index (Phi) is 2.64. The number of fused-ring (bicyclic) bond motifs is 1. The van der Waals surface area contributed by atoms with Gasteiger partial charge in [0.15, 0.2) is 17.3 Å². The minimum Gasteiger partial charge on any atom is -0.454 e. The fourth-order valence-electron chi connectivity index (χ4n) is 1.24. The maximum absolute atomic E-state index is 13.3. The molecule has 15 heavy (non-hydrogen) atoms. The van der Waals surface area contributed by atoms with E-state index in [1.807, 2.05) is 0 Å². The van der Waals surface area contributed by atoms with Crippen LogP contribution in [0.2, 0.25) is 0 Å². The molecule has 0 aromatic heterocycles. The second-order valence-corrected chi connectivity index (χ2v) is 3.11. The molecule has 1 aliphatic heterocycles. The molecule has 0 saturated heterocycles. The van der Waals surface area contributed by atoms with Gasteiger partial charge in [-0.05, 0) is 12.1 Å². The third-order valence-corrected chi connectivity index (χ3v) is 2.12. The van der Waals surface area contributed by atoms with Gasteiger partial charge < -0.3 is 14.8 Å². The molecule has 1 aromatic rings. The summed E-state index contributed by atoms with van der Waals surface area (Å²) in [6.45, 7) is 0.0164. The average molecular weight is 232 g/mol. The van der Waals surface area contributed by atoms with Crippen molar-refractivity contribution in [2.24, 2.45) is 0 Å². The summed E-state index contributed by atoms with van der Waals surface area (Å²) in [5, 5.41) is 2.31. The number of rotatable bonds is 2. The van der Waals surface area contributed by atoms with Crippen molar-refractivity contribution in [3.05, 3.63) is 17.9 Å². The molecular formula is C9H7ClFNO3. The van der Waals surface area contributed by atoms with Crippen molar-refractivity contribution in [2.45, 2.75) is 0 Å². The van der Waals surface area contributed by atoms with Gasteiger partial charge in [-0.15, -0.1) is 11.6 Å². The minimum atomic E-state index is -0.585. The fourth-order valence-corrected chi connectivity index (χ4v) is 1.30. The summed E-state index contributed by atoms with van der Waals surface area (Å²) in [6.07, 6.45) is 0. The average Bonchev–Trinajstić information content (AvgIpc) is 2.70. The Balaban J connectivity index is 2.37. The van der Waals surface area contributed by atoms with Crippen LogP contribution < -0.4 is 14.8 Å². The second-order valence-electron chi connectivity index (χ2n) is 2.84. The molecule has 1 amide bonds. The zero-order valence-electron chi connectivity index (χ0n) is 7.55. The van der Waals surface area contributed by atoms with Crippen molar-refractivity contribution in [3.63, 3.8) is 0 Å². The zero-order valence-corrected chi connectivity index (χ0v) is 8.31. The van der Waals surface area contributed by atoms with Gasteiger partial charge >= 0.3 is 0 Å². The molecule has 0 bridgehead atoms. The lowest BCUT2D eigenvalue weighted by Crippen LogP contribution is -2.14. The lowest BCUT2D eigenvalue weighted by molar-refractivity contribution is -0.114. The van der Waals surface area contributed by atoms with Crippen LogP contribution in [0.15, 0.2) is 12.1 Å². The van der Waals surface area contributed by atoms with E-state index >= 15 is 0 Å². The number of amides is 1. The highest BCUT2D eigenvalue weighted by atomic mass is 35.5. The highest BCUT2D eigenvalue weighted by Gasteiger charge is 2.22. The number of anilines is 1. The van der Waals surface area contributed by atoms with Crippen LogP contribution in [0.3, 0.4) is 0 Å². The quantitative estimate of drug-likeness (QED) is 0.789. The monoisotopic (exact) mass is 231 g/mol. The summed E-state index contributed by atoms with van der Waals surface area (Å²) in [4.78, 5) is 11.0. The number of carbonyl (C=O) groups excluding carboxylic acids is 1. The number of carbonyl (C=O) groups is 1. The van der Waals surface area contributed by atoms with Crippen LogP contribution in [0.5, 0.6) is 11.5 Å². The van der Waals surface area contributed by atoms with E-state index in [-0.39, 0.29) is 24.1 Å². The van der Waals surface area contributed by atoms with Crippen LogP contribution in [0.25, 0.3) is 0 Å². The molecule has 0 spiro atoms. The molecule has 1 aromatic carbocycles. The molecule has 0 unspecified atom stereocenters. The third kappa shape index (κ3) is 1.83. The number of hydrogen-bond donors (Lipinski definition) is 1. The Labute approximate surface area is 89.9 Å². The van der Waals surface area contributed by atoms with E-state index in [0.29, 0.717) is 5.75 Å². The summed E-state index contributed by atoms with van der Waals surface area (Å²) in [6, 6.07) is 2.63. The van der Waals surface area contributed by atoms with Crippen molar-refractivity contribution in [2.75, 3.05) is 18.0 Å². The Hall–Kier alpha value is -1.49. The smallest absolute Gasteiger partial charge is 0.239 e. The van der Waals surface area contributed by atoms with Crippen molar-refractivity contribution < 1.29 is 18.7 Å². The molecule has 0 radical (unpaired) electrons. The first kappa shape index (κ1) is 10.0. The first-order valence-electron chi connectivity index (χ1n) is 4.16. The van der Waals surface area contributed by atoms with Crippen LogP contribution in [0, 0.1) is 5.82 Å². The Bertz CT molecular complexity index is 411. The van der Waals surface area contributed by atoms with E-state index in [9.17, 15) is 9.18 Å². The molecule has 1 N–H and O–H groups in total. The molecule has 1 heterocycles. The zero-order chi connectivity index (χ0) is 10.8. The molecule has 4 nitrogen and oxygen atoms in total. The van der Waals surface area contributed by atoms with Gasteiger partial charge in [0.1, 0.15) is 11.6 Å². The van der Waals surface area contributed by atoms with Gasteiger partial charge in [-0.2, -0.15) is 0 Å². The molecule has 6 heteroatoms. The highest BCUT2D eigenvalue weighted by molar-refractivity contribution is 6.29. The predicted octanol–water partition coefficient (Wildman–Crippen LogP) is 1.73. The van der Waals surface area contributed by atoms with Crippen molar-refractivity contribution in [1.29, 1.82) is 0 Å². The predicted molar refractivity (Wildman–Crippen MR) is 51.9 cm³/mol. The second kappa shape index (κ2) is 3.94. The fraction of sp³-hybridized carbons (Fsp3) is 0.222. The van der Waals surface area contributed by atoms with E-state index in [0.717, 1.165) is 0 Å². The van der Waals surface area contributed by atoms with E-state index in [1.54, 1.807) is 0 Å². The molecule has 0 saturated carbocycles. The van der Waals surface area contributed by atoms with Crippen molar-refractivity contribution in [1.82, 2.24) is 0 Å². The standard InChI is InChI=1S/C9H7ClFNO3/c10-3-7(13)12-8-5(11)1-2-6-9(8)15-4-14-6/h1-2H,3-4H2,(H,12,13). The summed E-state index contributed by atoms with van der Waals surface area (Å²) in [5.74, 6) is -0.726. The van der Waals surface area contributed by atoms with Gasteiger partial charge in [0.05, 0.1) is 0 Å². The number of nitrogens with one attached hydrogen (secondary N) is 1. The van der Waals surface area contributed by atoms with Gasteiger partial charge in [0, 0.05) is 0 Å². The third-order valence-electron chi connectivity index (χ3n) is 1.87. The van der Waals surface area contributed by atoms with Gasteiger partial charge in [-0.1, -0.05) is 0 Å². The summed E-state index contributed by atoms with van der Waals surface area (Å²) >= 11 is 5.30. The van der Waals surface area contributed by atoms with Gasteiger partial charge in [0.25, 0.3) is 0 Å². The van der Waals surface area contributed by atoms with Gasteiger partial charge in [0.2, 0.25) is 12.7 Å².